The Kier molecular flexibility index (Phi) is 8.22. The molecule has 1 saturated carbocycles. The molecule has 3 unspecified atom stereocenters. The van der Waals surface area contributed by atoms with Crippen molar-refractivity contribution in [2.45, 2.75) is 85.5 Å². The summed E-state index contributed by atoms with van der Waals surface area (Å²) in [6, 6.07) is 0.512. The lowest BCUT2D eigenvalue weighted by molar-refractivity contribution is -0.0574. The molecule has 0 radical (unpaired) electrons. The summed E-state index contributed by atoms with van der Waals surface area (Å²) in [7, 11) is 0. The fraction of sp³-hybridized carbons (Fsp3) is 1.00. The van der Waals surface area contributed by atoms with Crippen LogP contribution in [0.1, 0.15) is 67.2 Å². The van der Waals surface area contributed by atoms with E-state index in [1.165, 1.54) is 25.7 Å². The molecule has 0 aromatic carbocycles. The van der Waals surface area contributed by atoms with Crippen LogP contribution in [0.2, 0.25) is 0 Å². The van der Waals surface area contributed by atoms with Crippen LogP contribution in [-0.4, -0.2) is 38.0 Å². The Bertz CT molecular complexity index is 278. The molecule has 3 nitrogen and oxygen atoms in total. The zero-order chi connectivity index (χ0) is 15.9. The van der Waals surface area contributed by atoms with E-state index >= 15 is 0 Å². The lowest BCUT2D eigenvalue weighted by Crippen LogP contribution is -2.48. The van der Waals surface area contributed by atoms with Crippen molar-refractivity contribution in [2.75, 3.05) is 19.8 Å². The number of ether oxygens (including phenoxy) is 2. The minimum atomic E-state index is 0.288. The molecule has 21 heavy (non-hydrogen) atoms. The molecular weight excluding hydrogens is 262 g/mol. The summed E-state index contributed by atoms with van der Waals surface area (Å²) in [6.07, 6.45) is 5.60. The van der Waals surface area contributed by atoms with Crippen molar-refractivity contribution >= 4 is 0 Å². The summed E-state index contributed by atoms with van der Waals surface area (Å²) in [5, 5.41) is 3.61. The maximum absolute atomic E-state index is 6.18. The molecule has 3 heteroatoms. The average Bonchev–Trinajstić information content (AvgIpc) is 2.44. The topological polar surface area (TPSA) is 30.5 Å². The molecule has 1 rings (SSSR count). The third-order valence-corrected chi connectivity index (χ3v) is 5.14. The minimum absolute atomic E-state index is 0.288. The molecule has 1 aliphatic rings. The van der Waals surface area contributed by atoms with Crippen LogP contribution in [0.25, 0.3) is 0 Å². The molecular formula is C18H37NO2. The zero-order valence-corrected chi connectivity index (χ0v) is 15.1. The van der Waals surface area contributed by atoms with Gasteiger partial charge in [0.05, 0.1) is 25.4 Å². The standard InChI is InChI=1S/C18H37NO2/c1-7-18(5,6)15-9-10-16(19-8-2)17(13-15)21-12-11-20-14(3)4/h14-17,19H,7-13H2,1-6H3. The maximum atomic E-state index is 6.18. The molecule has 0 saturated heterocycles. The summed E-state index contributed by atoms with van der Waals surface area (Å²) in [4.78, 5) is 0. The third kappa shape index (κ3) is 6.25. The van der Waals surface area contributed by atoms with Crippen molar-refractivity contribution in [2.24, 2.45) is 11.3 Å². The summed E-state index contributed by atoms with van der Waals surface area (Å²) in [5.74, 6) is 0.772. The molecule has 0 aromatic heterocycles. The predicted octanol–water partition coefficient (Wildman–Crippen LogP) is 4.01. The van der Waals surface area contributed by atoms with Crippen molar-refractivity contribution < 1.29 is 9.47 Å². The van der Waals surface area contributed by atoms with Gasteiger partial charge >= 0.3 is 0 Å². The van der Waals surface area contributed by atoms with Gasteiger partial charge in [-0.3, -0.25) is 0 Å². The Labute approximate surface area is 132 Å². The Morgan fingerprint density at radius 2 is 1.86 bits per heavy atom. The van der Waals surface area contributed by atoms with E-state index in [9.17, 15) is 0 Å². The van der Waals surface area contributed by atoms with E-state index < -0.39 is 0 Å². The van der Waals surface area contributed by atoms with Crippen molar-refractivity contribution in [1.82, 2.24) is 5.32 Å². The van der Waals surface area contributed by atoms with Gasteiger partial charge in [-0.1, -0.05) is 34.1 Å². The molecule has 0 heterocycles. The molecule has 1 aliphatic carbocycles. The van der Waals surface area contributed by atoms with Crippen LogP contribution in [-0.2, 0) is 9.47 Å². The van der Waals surface area contributed by atoms with Crippen molar-refractivity contribution in [3.8, 4) is 0 Å². The first-order chi connectivity index (χ1) is 9.90. The van der Waals surface area contributed by atoms with Gasteiger partial charge in [0.1, 0.15) is 0 Å². The van der Waals surface area contributed by atoms with Crippen LogP contribution in [0.5, 0.6) is 0 Å². The first-order valence-electron chi connectivity index (χ1n) is 8.87. The molecule has 0 bridgehead atoms. The van der Waals surface area contributed by atoms with Gasteiger partial charge in [-0.2, -0.15) is 0 Å². The third-order valence-electron chi connectivity index (χ3n) is 5.14. The quantitative estimate of drug-likeness (QED) is 0.653. The molecule has 0 aliphatic heterocycles. The second kappa shape index (κ2) is 9.12. The summed E-state index contributed by atoms with van der Waals surface area (Å²) < 4.78 is 11.8. The highest BCUT2D eigenvalue weighted by atomic mass is 16.5. The van der Waals surface area contributed by atoms with Gasteiger partial charge in [-0.25, -0.2) is 0 Å². The van der Waals surface area contributed by atoms with E-state index in [1.54, 1.807) is 0 Å². The van der Waals surface area contributed by atoms with Crippen LogP contribution < -0.4 is 5.32 Å². The average molecular weight is 299 g/mol. The van der Waals surface area contributed by atoms with E-state index in [0.29, 0.717) is 30.8 Å². The fourth-order valence-electron chi connectivity index (χ4n) is 3.29. The SMILES string of the molecule is CCNC1CCC(C(C)(C)CC)CC1OCCOC(C)C. The van der Waals surface area contributed by atoms with Crippen LogP contribution in [0.3, 0.4) is 0 Å². The number of rotatable bonds is 9. The van der Waals surface area contributed by atoms with Crippen LogP contribution in [0.4, 0.5) is 0 Å². The van der Waals surface area contributed by atoms with Gasteiger partial charge in [0.2, 0.25) is 0 Å². The molecule has 1 N–H and O–H groups in total. The Hall–Kier alpha value is -0.120. The highest BCUT2D eigenvalue weighted by Crippen LogP contribution is 2.41. The van der Waals surface area contributed by atoms with Gasteiger partial charge in [0.25, 0.3) is 0 Å². The Balaban J connectivity index is 2.51. The fourth-order valence-corrected chi connectivity index (χ4v) is 3.29. The first-order valence-corrected chi connectivity index (χ1v) is 8.87. The molecule has 0 spiro atoms. The Morgan fingerprint density at radius 3 is 2.43 bits per heavy atom. The number of nitrogens with one attached hydrogen (secondary N) is 1. The van der Waals surface area contributed by atoms with E-state index in [2.05, 4.69) is 46.9 Å². The highest BCUT2D eigenvalue weighted by Gasteiger charge is 2.37. The van der Waals surface area contributed by atoms with Gasteiger partial charge in [-0.05, 0) is 51.0 Å². The first kappa shape index (κ1) is 18.9. The predicted molar refractivity (Wildman–Crippen MR) is 89.7 cm³/mol. The smallest absolute Gasteiger partial charge is 0.0732 e. The van der Waals surface area contributed by atoms with E-state index in [4.69, 9.17) is 9.47 Å². The minimum Gasteiger partial charge on any atom is -0.376 e. The van der Waals surface area contributed by atoms with Gasteiger partial charge in [0.15, 0.2) is 0 Å². The molecule has 126 valence electrons. The number of hydrogen-bond donors (Lipinski definition) is 1. The molecule has 0 amide bonds. The normalized spacial score (nSPS) is 27.3. The lowest BCUT2D eigenvalue weighted by atomic mass is 9.68. The van der Waals surface area contributed by atoms with Crippen molar-refractivity contribution in [3.63, 3.8) is 0 Å². The largest absolute Gasteiger partial charge is 0.376 e. The van der Waals surface area contributed by atoms with Gasteiger partial charge < -0.3 is 14.8 Å². The maximum Gasteiger partial charge on any atom is 0.0732 e. The van der Waals surface area contributed by atoms with Gasteiger partial charge in [0, 0.05) is 6.04 Å². The molecule has 0 aromatic rings. The Morgan fingerprint density at radius 1 is 1.14 bits per heavy atom. The van der Waals surface area contributed by atoms with E-state index in [1.807, 2.05) is 0 Å². The van der Waals surface area contributed by atoms with Crippen molar-refractivity contribution in [3.05, 3.63) is 0 Å². The van der Waals surface area contributed by atoms with E-state index in [-0.39, 0.29) is 6.10 Å². The van der Waals surface area contributed by atoms with E-state index in [0.717, 1.165) is 12.5 Å². The second-order valence-corrected chi connectivity index (χ2v) is 7.35. The zero-order valence-electron chi connectivity index (χ0n) is 15.1. The monoisotopic (exact) mass is 299 g/mol. The summed E-state index contributed by atoms with van der Waals surface area (Å²) >= 11 is 0. The lowest BCUT2D eigenvalue weighted by Gasteiger charge is -2.43. The van der Waals surface area contributed by atoms with Crippen LogP contribution in [0, 0.1) is 11.3 Å². The second-order valence-electron chi connectivity index (χ2n) is 7.35. The molecule has 3 atom stereocenters. The van der Waals surface area contributed by atoms with Crippen LogP contribution >= 0.6 is 0 Å². The summed E-state index contributed by atoms with van der Waals surface area (Å²) in [6.45, 7) is 15.9. The highest BCUT2D eigenvalue weighted by molar-refractivity contribution is 4.90. The van der Waals surface area contributed by atoms with Crippen molar-refractivity contribution in [1.29, 1.82) is 0 Å². The number of hydrogen-bond acceptors (Lipinski definition) is 3. The van der Waals surface area contributed by atoms with Gasteiger partial charge in [-0.15, -0.1) is 0 Å². The molecule has 1 fully saturated rings. The summed E-state index contributed by atoms with van der Waals surface area (Å²) in [5.41, 5.74) is 0.424. The van der Waals surface area contributed by atoms with Crippen LogP contribution in [0.15, 0.2) is 0 Å². The number of likely N-dealkylation sites (N-methyl/N-ethyl adjacent to an activating group) is 1.